The van der Waals surface area contributed by atoms with Gasteiger partial charge < -0.3 is 28.4 Å². The molecule has 2 atom stereocenters. The van der Waals surface area contributed by atoms with Crippen molar-refractivity contribution in [2.75, 3.05) is 67.1 Å². The fraction of sp³-hybridized carbons (Fsp3) is 0.846. The molecule has 0 aliphatic heterocycles. The molecule has 34 heavy (non-hydrogen) atoms. The van der Waals surface area contributed by atoms with Crippen molar-refractivity contribution < 1.29 is 38.0 Å². The first-order valence-electron chi connectivity index (χ1n) is 12.0. The SMILES string of the molecule is C=C(CC(C)(CC)C(C)(CC(C)(C)C)C(=O)OCCOCCOC)C(=O)OCCOCCOC. The zero-order valence-corrected chi connectivity index (χ0v) is 22.8. The lowest BCUT2D eigenvalue weighted by Gasteiger charge is -2.47. The number of methoxy groups -OCH3 is 2. The van der Waals surface area contributed by atoms with Gasteiger partial charge in [0.05, 0.1) is 45.1 Å². The van der Waals surface area contributed by atoms with Gasteiger partial charge in [0.25, 0.3) is 0 Å². The molecule has 0 heterocycles. The summed E-state index contributed by atoms with van der Waals surface area (Å²) in [4.78, 5) is 26.0. The van der Waals surface area contributed by atoms with Crippen LogP contribution in [-0.2, 0) is 38.0 Å². The van der Waals surface area contributed by atoms with Gasteiger partial charge in [0.15, 0.2) is 0 Å². The van der Waals surface area contributed by atoms with Crippen LogP contribution in [0.5, 0.6) is 0 Å². The predicted molar refractivity (Wildman–Crippen MR) is 132 cm³/mol. The molecule has 2 unspecified atom stereocenters. The van der Waals surface area contributed by atoms with Crippen LogP contribution in [0.2, 0.25) is 0 Å². The van der Waals surface area contributed by atoms with E-state index in [0.717, 1.165) is 0 Å². The van der Waals surface area contributed by atoms with Gasteiger partial charge in [-0.15, -0.1) is 0 Å². The monoisotopic (exact) mass is 488 g/mol. The topological polar surface area (TPSA) is 89.5 Å². The van der Waals surface area contributed by atoms with E-state index in [4.69, 9.17) is 28.4 Å². The highest BCUT2D eigenvalue weighted by Gasteiger charge is 2.52. The van der Waals surface area contributed by atoms with Crippen LogP contribution in [0.3, 0.4) is 0 Å². The lowest BCUT2D eigenvalue weighted by molar-refractivity contribution is -0.169. The van der Waals surface area contributed by atoms with Crippen LogP contribution in [0.15, 0.2) is 12.2 Å². The van der Waals surface area contributed by atoms with Gasteiger partial charge in [-0.2, -0.15) is 0 Å². The van der Waals surface area contributed by atoms with Gasteiger partial charge in [-0.25, -0.2) is 4.79 Å². The van der Waals surface area contributed by atoms with Crippen LogP contribution in [0.25, 0.3) is 0 Å². The van der Waals surface area contributed by atoms with Crippen molar-refractivity contribution in [3.8, 4) is 0 Å². The minimum Gasteiger partial charge on any atom is -0.463 e. The molecule has 0 bridgehead atoms. The minimum atomic E-state index is -0.848. The van der Waals surface area contributed by atoms with Crippen molar-refractivity contribution in [3.05, 3.63) is 12.2 Å². The van der Waals surface area contributed by atoms with E-state index in [1.807, 2.05) is 20.8 Å². The molecule has 0 aromatic rings. The zero-order chi connectivity index (χ0) is 26.3. The maximum Gasteiger partial charge on any atom is 0.333 e. The Morgan fingerprint density at radius 1 is 0.735 bits per heavy atom. The normalized spacial score (nSPS) is 15.3. The van der Waals surface area contributed by atoms with Gasteiger partial charge in [-0.3, -0.25) is 4.79 Å². The van der Waals surface area contributed by atoms with Crippen LogP contribution in [-0.4, -0.2) is 79.0 Å². The number of ether oxygens (including phenoxy) is 6. The average Bonchev–Trinajstić information content (AvgIpc) is 2.76. The summed E-state index contributed by atoms with van der Waals surface area (Å²) in [7, 11) is 3.20. The molecule has 0 amide bonds. The second-order valence-electron chi connectivity index (χ2n) is 10.2. The molecule has 0 aliphatic rings. The molecule has 0 radical (unpaired) electrons. The fourth-order valence-electron chi connectivity index (χ4n) is 3.98. The number of carbonyl (C=O) groups excluding carboxylic acids is 2. The fourth-order valence-corrected chi connectivity index (χ4v) is 3.98. The molecule has 8 heteroatoms. The van der Waals surface area contributed by atoms with E-state index in [0.29, 0.717) is 57.9 Å². The second kappa shape index (κ2) is 16.2. The second-order valence-corrected chi connectivity index (χ2v) is 10.2. The molecule has 0 saturated carbocycles. The highest BCUT2D eigenvalue weighted by atomic mass is 16.6. The van der Waals surface area contributed by atoms with E-state index in [1.165, 1.54) is 0 Å². The van der Waals surface area contributed by atoms with Crippen LogP contribution in [0.4, 0.5) is 0 Å². The molecule has 0 spiro atoms. The van der Waals surface area contributed by atoms with Gasteiger partial charge in [0.2, 0.25) is 0 Å². The smallest absolute Gasteiger partial charge is 0.333 e. The standard InChI is InChI=1S/C26H48O8/c1-10-25(6,19-21(2)22(27)33-17-15-31-13-11-29-8)26(7,20-24(3,4)5)23(28)34-18-16-32-14-12-30-9/h2,10-20H2,1,3-9H3. The van der Waals surface area contributed by atoms with E-state index in [2.05, 4.69) is 27.4 Å². The Morgan fingerprint density at radius 2 is 1.21 bits per heavy atom. The van der Waals surface area contributed by atoms with Crippen molar-refractivity contribution in [1.29, 1.82) is 0 Å². The summed E-state index contributed by atoms with van der Waals surface area (Å²) in [6, 6.07) is 0. The molecular formula is C26H48O8. The molecular weight excluding hydrogens is 440 g/mol. The summed E-state index contributed by atoms with van der Waals surface area (Å²) in [5.74, 6) is -0.775. The molecule has 8 nitrogen and oxygen atoms in total. The van der Waals surface area contributed by atoms with E-state index in [-0.39, 0.29) is 31.2 Å². The third-order valence-corrected chi connectivity index (χ3v) is 6.12. The Bertz CT molecular complexity index is 612. The Labute approximate surface area is 206 Å². The van der Waals surface area contributed by atoms with Crippen molar-refractivity contribution in [2.45, 2.75) is 60.8 Å². The maximum absolute atomic E-state index is 13.4. The van der Waals surface area contributed by atoms with Crippen LogP contribution < -0.4 is 0 Å². The number of rotatable bonds is 19. The highest BCUT2D eigenvalue weighted by molar-refractivity contribution is 5.88. The molecule has 0 fully saturated rings. The Balaban J connectivity index is 5.25. The molecule has 0 aromatic heterocycles. The largest absolute Gasteiger partial charge is 0.463 e. The Kier molecular flexibility index (Phi) is 15.5. The number of hydrogen-bond donors (Lipinski definition) is 0. The van der Waals surface area contributed by atoms with Gasteiger partial charge >= 0.3 is 11.9 Å². The van der Waals surface area contributed by atoms with Gasteiger partial charge in [-0.1, -0.05) is 41.2 Å². The maximum atomic E-state index is 13.4. The molecule has 200 valence electrons. The number of esters is 2. The Morgan fingerprint density at radius 3 is 1.65 bits per heavy atom. The van der Waals surface area contributed by atoms with E-state index < -0.39 is 16.8 Å². The highest BCUT2D eigenvalue weighted by Crippen LogP contribution is 2.52. The lowest BCUT2D eigenvalue weighted by Crippen LogP contribution is -2.48. The molecule has 0 saturated heterocycles. The third kappa shape index (κ3) is 11.8. The van der Waals surface area contributed by atoms with Gasteiger partial charge in [0, 0.05) is 19.8 Å². The quantitative estimate of drug-likeness (QED) is 0.152. The molecule has 0 N–H and O–H groups in total. The summed E-state index contributed by atoms with van der Waals surface area (Å²) in [5.41, 5.74) is -1.23. The first-order chi connectivity index (χ1) is 15.9. The van der Waals surface area contributed by atoms with E-state index in [1.54, 1.807) is 14.2 Å². The van der Waals surface area contributed by atoms with Crippen LogP contribution in [0.1, 0.15) is 60.8 Å². The van der Waals surface area contributed by atoms with E-state index >= 15 is 0 Å². The summed E-state index contributed by atoms with van der Waals surface area (Å²) in [6.45, 7) is 18.9. The zero-order valence-electron chi connectivity index (χ0n) is 22.8. The third-order valence-electron chi connectivity index (χ3n) is 6.12. The van der Waals surface area contributed by atoms with Crippen LogP contribution >= 0.6 is 0 Å². The summed E-state index contributed by atoms with van der Waals surface area (Å²) in [6.07, 6.45) is 1.56. The number of carbonyl (C=O) groups is 2. The van der Waals surface area contributed by atoms with Crippen molar-refractivity contribution in [1.82, 2.24) is 0 Å². The molecule has 0 aliphatic carbocycles. The predicted octanol–water partition coefficient (Wildman–Crippen LogP) is 4.20. The van der Waals surface area contributed by atoms with Crippen molar-refractivity contribution in [2.24, 2.45) is 16.2 Å². The first-order valence-corrected chi connectivity index (χ1v) is 12.0. The van der Waals surface area contributed by atoms with Crippen molar-refractivity contribution >= 4 is 11.9 Å². The number of hydrogen-bond acceptors (Lipinski definition) is 8. The molecule has 0 aromatic carbocycles. The summed E-state index contributed by atoms with van der Waals surface area (Å²) in [5, 5.41) is 0. The van der Waals surface area contributed by atoms with E-state index in [9.17, 15) is 9.59 Å². The van der Waals surface area contributed by atoms with Crippen molar-refractivity contribution in [3.63, 3.8) is 0 Å². The molecule has 0 rings (SSSR count). The summed E-state index contributed by atoms with van der Waals surface area (Å²) < 4.78 is 31.6. The minimum absolute atomic E-state index is 0.134. The van der Waals surface area contributed by atoms with Gasteiger partial charge in [-0.05, 0) is 37.0 Å². The van der Waals surface area contributed by atoms with Gasteiger partial charge in [0.1, 0.15) is 13.2 Å². The van der Waals surface area contributed by atoms with Crippen LogP contribution in [0, 0.1) is 16.2 Å². The first kappa shape index (κ1) is 32.5. The lowest BCUT2D eigenvalue weighted by atomic mass is 9.56. The average molecular weight is 489 g/mol. The summed E-state index contributed by atoms with van der Waals surface area (Å²) >= 11 is 0. The Hall–Kier alpha value is -1.48.